The monoisotopic (exact) mass is 370 g/mol. The number of hydrogen-bond donors (Lipinski definition) is 1. The average Bonchev–Trinajstić information content (AvgIpc) is 2.98. The average molecular weight is 371 g/mol. The van der Waals surface area contributed by atoms with Crippen LogP contribution in [0.15, 0.2) is 24.4 Å². The van der Waals surface area contributed by atoms with E-state index in [-0.39, 0.29) is 27.8 Å². The van der Waals surface area contributed by atoms with Crippen molar-refractivity contribution in [3.05, 3.63) is 46.0 Å². The number of amides is 2. The molecule has 1 unspecified atom stereocenters. The molecular formula is C16H17Cl2FN4O. The van der Waals surface area contributed by atoms with Crippen LogP contribution in [0.25, 0.3) is 0 Å². The molecule has 2 amide bonds. The predicted molar refractivity (Wildman–Crippen MR) is 91.9 cm³/mol. The molecule has 0 bridgehead atoms. The summed E-state index contributed by atoms with van der Waals surface area (Å²) in [6.45, 7) is 0.602. The molecule has 1 aliphatic rings. The summed E-state index contributed by atoms with van der Waals surface area (Å²) in [4.78, 5) is 14.4. The number of anilines is 1. The van der Waals surface area contributed by atoms with E-state index in [0.29, 0.717) is 6.54 Å². The van der Waals surface area contributed by atoms with Gasteiger partial charge in [-0.1, -0.05) is 23.2 Å². The van der Waals surface area contributed by atoms with Gasteiger partial charge in [-0.3, -0.25) is 4.68 Å². The Balaban J connectivity index is 1.82. The molecule has 0 saturated carbocycles. The fourth-order valence-electron chi connectivity index (χ4n) is 3.00. The van der Waals surface area contributed by atoms with Gasteiger partial charge in [0, 0.05) is 19.8 Å². The van der Waals surface area contributed by atoms with Crippen LogP contribution in [0.3, 0.4) is 0 Å². The Morgan fingerprint density at radius 3 is 2.79 bits per heavy atom. The zero-order valence-electron chi connectivity index (χ0n) is 13.1. The molecule has 1 aliphatic heterocycles. The molecule has 1 atom stereocenters. The molecule has 1 aromatic carbocycles. The molecule has 1 N–H and O–H groups in total. The predicted octanol–water partition coefficient (Wildman–Crippen LogP) is 4.63. The van der Waals surface area contributed by atoms with Crippen molar-refractivity contribution in [3.63, 3.8) is 0 Å². The number of nitrogens with one attached hydrogen (secondary N) is 1. The minimum atomic E-state index is -0.619. The van der Waals surface area contributed by atoms with E-state index in [9.17, 15) is 9.18 Å². The SMILES string of the molecule is Cn1nccc1C1CCCCN1C(=O)Nc1cc(Cl)c(Cl)cc1F. The number of aromatic nitrogens is 2. The summed E-state index contributed by atoms with van der Waals surface area (Å²) in [7, 11) is 1.85. The largest absolute Gasteiger partial charge is 0.322 e. The van der Waals surface area contributed by atoms with Crippen molar-refractivity contribution >= 4 is 34.9 Å². The molecule has 2 heterocycles. The highest BCUT2D eigenvalue weighted by atomic mass is 35.5. The van der Waals surface area contributed by atoms with E-state index in [4.69, 9.17) is 23.2 Å². The molecule has 0 aliphatic carbocycles. The number of urea groups is 1. The van der Waals surface area contributed by atoms with Gasteiger partial charge in [0.15, 0.2) is 0 Å². The summed E-state index contributed by atoms with van der Waals surface area (Å²) in [5, 5.41) is 7.07. The quantitative estimate of drug-likeness (QED) is 0.783. The number of nitrogens with zero attached hydrogens (tertiary/aromatic N) is 3. The van der Waals surface area contributed by atoms with Crippen molar-refractivity contribution in [1.82, 2.24) is 14.7 Å². The van der Waals surface area contributed by atoms with Crippen LogP contribution in [0.1, 0.15) is 31.0 Å². The number of piperidine rings is 1. The minimum absolute atomic E-state index is 0.0173. The maximum absolute atomic E-state index is 14.0. The first-order valence-corrected chi connectivity index (χ1v) is 8.43. The van der Waals surface area contributed by atoms with Gasteiger partial charge >= 0.3 is 6.03 Å². The number of likely N-dealkylation sites (tertiary alicyclic amines) is 1. The van der Waals surface area contributed by atoms with E-state index in [1.54, 1.807) is 15.8 Å². The fourth-order valence-corrected chi connectivity index (χ4v) is 3.31. The molecule has 5 nitrogen and oxygen atoms in total. The van der Waals surface area contributed by atoms with Crippen LogP contribution in [0.2, 0.25) is 10.0 Å². The van der Waals surface area contributed by atoms with Gasteiger partial charge in [-0.2, -0.15) is 5.10 Å². The third kappa shape index (κ3) is 3.35. The van der Waals surface area contributed by atoms with Crippen molar-refractivity contribution < 1.29 is 9.18 Å². The Morgan fingerprint density at radius 2 is 2.08 bits per heavy atom. The molecule has 2 aromatic rings. The Morgan fingerprint density at radius 1 is 1.33 bits per heavy atom. The minimum Gasteiger partial charge on any atom is -0.316 e. The lowest BCUT2D eigenvalue weighted by atomic mass is 9.99. The third-order valence-electron chi connectivity index (χ3n) is 4.22. The standard InChI is InChI=1S/C16H17Cl2FN4O/c1-22-14(5-6-20-22)15-4-2-3-7-23(15)16(24)21-13-9-11(18)10(17)8-12(13)19/h5-6,8-9,15H,2-4,7H2,1H3,(H,21,24). The molecule has 1 fully saturated rings. The zero-order valence-corrected chi connectivity index (χ0v) is 14.6. The van der Waals surface area contributed by atoms with E-state index in [0.717, 1.165) is 31.0 Å². The molecule has 1 saturated heterocycles. The lowest BCUT2D eigenvalue weighted by Gasteiger charge is -2.35. The van der Waals surface area contributed by atoms with Crippen LogP contribution in [-0.2, 0) is 7.05 Å². The number of rotatable bonds is 2. The van der Waals surface area contributed by atoms with Crippen molar-refractivity contribution in [3.8, 4) is 0 Å². The van der Waals surface area contributed by atoms with E-state index in [1.807, 2.05) is 13.1 Å². The molecule has 8 heteroatoms. The first kappa shape index (κ1) is 17.0. The number of benzene rings is 1. The van der Waals surface area contributed by atoms with E-state index in [2.05, 4.69) is 10.4 Å². The number of aryl methyl sites for hydroxylation is 1. The highest BCUT2D eigenvalue weighted by Gasteiger charge is 2.30. The third-order valence-corrected chi connectivity index (χ3v) is 4.94. The molecule has 1 aromatic heterocycles. The molecule has 0 radical (unpaired) electrons. The van der Waals surface area contributed by atoms with Gasteiger partial charge < -0.3 is 10.2 Å². The Hall–Kier alpha value is -1.79. The van der Waals surface area contributed by atoms with Gasteiger partial charge in [0.25, 0.3) is 0 Å². The summed E-state index contributed by atoms with van der Waals surface area (Å²) >= 11 is 11.7. The summed E-state index contributed by atoms with van der Waals surface area (Å²) in [5.74, 6) is -0.619. The maximum atomic E-state index is 14.0. The first-order valence-electron chi connectivity index (χ1n) is 7.67. The number of carbonyl (C=O) groups excluding carboxylic acids is 1. The lowest BCUT2D eigenvalue weighted by molar-refractivity contribution is 0.159. The second kappa shape index (κ2) is 6.99. The van der Waals surface area contributed by atoms with Gasteiger partial charge in [-0.25, -0.2) is 9.18 Å². The number of carbonyl (C=O) groups is 1. The Kier molecular flexibility index (Phi) is 4.96. The second-order valence-electron chi connectivity index (χ2n) is 5.76. The molecular weight excluding hydrogens is 354 g/mol. The van der Waals surface area contributed by atoms with Crippen LogP contribution < -0.4 is 5.32 Å². The number of halogens is 3. The van der Waals surface area contributed by atoms with E-state index >= 15 is 0 Å². The van der Waals surface area contributed by atoms with Gasteiger partial charge in [-0.05, 0) is 37.5 Å². The number of hydrogen-bond acceptors (Lipinski definition) is 2. The highest BCUT2D eigenvalue weighted by molar-refractivity contribution is 6.42. The van der Waals surface area contributed by atoms with Gasteiger partial charge in [0.05, 0.1) is 27.5 Å². The summed E-state index contributed by atoms with van der Waals surface area (Å²) in [5.41, 5.74) is 0.975. The van der Waals surface area contributed by atoms with Crippen molar-refractivity contribution in [1.29, 1.82) is 0 Å². The molecule has 24 heavy (non-hydrogen) atoms. The van der Waals surface area contributed by atoms with E-state index in [1.165, 1.54) is 6.07 Å². The zero-order chi connectivity index (χ0) is 17.3. The molecule has 128 valence electrons. The second-order valence-corrected chi connectivity index (χ2v) is 6.58. The molecule has 3 rings (SSSR count). The summed E-state index contributed by atoms with van der Waals surface area (Å²) in [6.07, 6.45) is 4.49. The first-order chi connectivity index (χ1) is 11.5. The van der Waals surface area contributed by atoms with E-state index < -0.39 is 5.82 Å². The van der Waals surface area contributed by atoms with Gasteiger partial charge in [0.2, 0.25) is 0 Å². The normalized spacial score (nSPS) is 17.8. The van der Waals surface area contributed by atoms with Crippen LogP contribution in [0.4, 0.5) is 14.9 Å². The van der Waals surface area contributed by atoms with Gasteiger partial charge in [-0.15, -0.1) is 0 Å². The smallest absolute Gasteiger partial charge is 0.316 e. The maximum Gasteiger partial charge on any atom is 0.322 e. The van der Waals surface area contributed by atoms with Crippen molar-refractivity contribution in [2.75, 3.05) is 11.9 Å². The fraction of sp³-hybridized carbons (Fsp3) is 0.375. The lowest BCUT2D eigenvalue weighted by Crippen LogP contribution is -2.42. The highest BCUT2D eigenvalue weighted by Crippen LogP contribution is 2.32. The Bertz CT molecular complexity index is 765. The topological polar surface area (TPSA) is 50.2 Å². The van der Waals surface area contributed by atoms with Crippen LogP contribution in [-0.4, -0.2) is 27.3 Å². The summed E-state index contributed by atoms with van der Waals surface area (Å²) in [6, 6.07) is 3.86. The van der Waals surface area contributed by atoms with Crippen molar-refractivity contribution in [2.24, 2.45) is 7.05 Å². The molecule has 0 spiro atoms. The Labute approximate surface area is 149 Å². The van der Waals surface area contributed by atoms with Crippen LogP contribution in [0.5, 0.6) is 0 Å². The summed E-state index contributed by atoms with van der Waals surface area (Å²) < 4.78 is 15.8. The van der Waals surface area contributed by atoms with Crippen molar-refractivity contribution in [2.45, 2.75) is 25.3 Å². The van der Waals surface area contributed by atoms with Gasteiger partial charge in [0.1, 0.15) is 5.82 Å². The van der Waals surface area contributed by atoms with Crippen LogP contribution >= 0.6 is 23.2 Å². The van der Waals surface area contributed by atoms with Crippen LogP contribution in [0, 0.1) is 5.82 Å².